The van der Waals surface area contributed by atoms with Gasteiger partial charge in [0.2, 0.25) is 0 Å². The number of piperidine rings is 1. The standard InChI is InChI=1S/C14H30N2O2/c1-4-8-15-12(2)14-7-5-6-9-16(14)10-13(17)11-18-3/h12-15,17H,4-11H2,1-3H3. The lowest BCUT2D eigenvalue weighted by molar-refractivity contribution is 0.0122. The molecule has 0 aromatic heterocycles. The van der Waals surface area contributed by atoms with Gasteiger partial charge in [-0.2, -0.15) is 0 Å². The summed E-state index contributed by atoms with van der Waals surface area (Å²) >= 11 is 0. The molecule has 0 amide bonds. The molecule has 1 heterocycles. The van der Waals surface area contributed by atoms with Gasteiger partial charge in [-0.1, -0.05) is 13.3 Å². The van der Waals surface area contributed by atoms with Gasteiger partial charge in [-0.25, -0.2) is 0 Å². The van der Waals surface area contributed by atoms with Crippen LogP contribution in [-0.2, 0) is 4.74 Å². The molecule has 0 saturated carbocycles. The van der Waals surface area contributed by atoms with Gasteiger partial charge < -0.3 is 15.2 Å². The van der Waals surface area contributed by atoms with Crippen LogP contribution >= 0.6 is 0 Å². The molecule has 1 saturated heterocycles. The summed E-state index contributed by atoms with van der Waals surface area (Å²) in [4.78, 5) is 2.43. The van der Waals surface area contributed by atoms with E-state index in [1.54, 1.807) is 7.11 Å². The van der Waals surface area contributed by atoms with E-state index < -0.39 is 0 Å². The summed E-state index contributed by atoms with van der Waals surface area (Å²) in [5, 5.41) is 13.5. The van der Waals surface area contributed by atoms with Crippen molar-refractivity contribution in [2.75, 3.05) is 33.4 Å². The normalized spacial score (nSPS) is 25.0. The van der Waals surface area contributed by atoms with Crippen molar-refractivity contribution in [3.05, 3.63) is 0 Å². The Morgan fingerprint density at radius 1 is 1.44 bits per heavy atom. The Hall–Kier alpha value is -0.160. The summed E-state index contributed by atoms with van der Waals surface area (Å²) in [6.45, 7) is 7.80. The molecule has 108 valence electrons. The zero-order valence-corrected chi connectivity index (χ0v) is 12.2. The molecule has 1 aliphatic rings. The number of aliphatic hydroxyl groups excluding tert-OH is 1. The Kier molecular flexibility index (Phi) is 7.82. The molecule has 4 nitrogen and oxygen atoms in total. The maximum atomic E-state index is 9.89. The van der Waals surface area contributed by atoms with E-state index >= 15 is 0 Å². The van der Waals surface area contributed by atoms with Crippen molar-refractivity contribution in [3.63, 3.8) is 0 Å². The summed E-state index contributed by atoms with van der Waals surface area (Å²) < 4.78 is 5.01. The fraction of sp³-hybridized carbons (Fsp3) is 1.00. The molecule has 0 aromatic rings. The number of rotatable bonds is 8. The van der Waals surface area contributed by atoms with Crippen LogP contribution in [0.2, 0.25) is 0 Å². The zero-order valence-electron chi connectivity index (χ0n) is 12.2. The van der Waals surface area contributed by atoms with Gasteiger partial charge in [-0.05, 0) is 39.3 Å². The third-order valence-corrected chi connectivity index (χ3v) is 3.76. The lowest BCUT2D eigenvalue weighted by atomic mass is 9.96. The molecule has 2 N–H and O–H groups in total. The Morgan fingerprint density at radius 3 is 2.89 bits per heavy atom. The third-order valence-electron chi connectivity index (χ3n) is 3.76. The van der Waals surface area contributed by atoms with Crippen molar-refractivity contribution >= 4 is 0 Å². The van der Waals surface area contributed by atoms with E-state index in [0.29, 0.717) is 18.7 Å². The quantitative estimate of drug-likeness (QED) is 0.687. The molecular weight excluding hydrogens is 228 g/mol. The van der Waals surface area contributed by atoms with Crippen LogP contribution < -0.4 is 5.32 Å². The predicted molar refractivity (Wildman–Crippen MR) is 74.9 cm³/mol. The van der Waals surface area contributed by atoms with Crippen molar-refractivity contribution in [2.45, 2.75) is 57.7 Å². The number of likely N-dealkylation sites (tertiary alicyclic amines) is 1. The molecule has 0 bridgehead atoms. The molecule has 0 aromatic carbocycles. The van der Waals surface area contributed by atoms with Gasteiger partial charge in [-0.15, -0.1) is 0 Å². The highest BCUT2D eigenvalue weighted by Crippen LogP contribution is 2.20. The van der Waals surface area contributed by atoms with Gasteiger partial charge in [0.05, 0.1) is 12.7 Å². The average Bonchev–Trinajstić information content (AvgIpc) is 2.37. The fourth-order valence-corrected chi connectivity index (χ4v) is 2.83. The fourth-order valence-electron chi connectivity index (χ4n) is 2.83. The minimum atomic E-state index is -0.367. The number of methoxy groups -OCH3 is 1. The van der Waals surface area contributed by atoms with Crippen molar-refractivity contribution in [2.24, 2.45) is 0 Å². The van der Waals surface area contributed by atoms with Gasteiger partial charge in [-0.3, -0.25) is 4.90 Å². The first kappa shape index (κ1) is 15.9. The Labute approximate surface area is 112 Å². The molecule has 1 fully saturated rings. The van der Waals surface area contributed by atoms with Gasteiger partial charge in [0.25, 0.3) is 0 Å². The van der Waals surface area contributed by atoms with Crippen LogP contribution in [-0.4, -0.2) is 61.5 Å². The van der Waals surface area contributed by atoms with E-state index in [9.17, 15) is 5.11 Å². The number of nitrogens with one attached hydrogen (secondary N) is 1. The van der Waals surface area contributed by atoms with E-state index in [2.05, 4.69) is 24.1 Å². The van der Waals surface area contributed by atoms with E-state index in [0.717, 1.165) is 19.6 Å². The Bertz CT molecular complexity index is 214. The highest BCUT2D eigenvalue weighted by atomic mass is 16.5. The first-order valence-corrected chi connectivity index (χ1v) is 7.33. The summed E-state index contributed by atoms with van der Waals surface area (Å²) in [5.41, 5.74) is 0. The van der Waals surface area contributed by atoms with Crippen LogP contribution in [0.1, 0.15) is 39.5 Å². The van der Waals surface area contributed by atoms with Crippen molar-refractivity contribution in [3.8, 4) is 0 Å². The number of ether oxygens (including phenoxy) is 1. The van der Waals surface area contributed by atoms with Gasteiger partial charge in [0.15, 0.2) is 0 Å². The maximum absolute atomic E-state index is 9.89. The molecule has 3 atom stereocenters. The number of nitrogens with zero attached hydrogens (tertiary/aromatic N) is 1. The number of hydrogen-bond acceptors (Lipinski definition) is 4. The molecule has 0 aliphatic carbocycles. The lowest BCUT2D eigenvalue weighted by Gasteiger charge is -2.40. The Balaban J connectivity index is 2.45. The molecule has 4 heteroatoms. The highest BCUT2D eigenvalue weighted by molar-refractivity contribution is 4.86. The van der Waals surface area contributed by atoms with Crippen LogP contribution in [0.25, 0.3) is 0 Å². The minimum absolute atomic E-state index is 0.367. The lowest BCUT2D eigenvalue weighted by Crippen LogP contribution is -2.53. The summed E-state index contributed by atoms with van der Waals surface area (Å²) in [6.07, 6.45) is 4.59. The van der Waals surface area contributed by atoms with Crippen molar-refractivity contribution in [1.82, 2.24) is 10.2 Å². The van der Waals surface area contributed by atoms with E-state index in [1.165, 1.54) is 25.7 Å². The third kappa shape index (κ3) is 5.22. The number of aliphatic hydroxyl groups is 1. The molecule has 0 spiro atoms. The number of hydrogen-bond donors (Lipinski definition) is 2. The van der Waals surface area contributed by atoms with Gasteiger partial charge in [0.1, 0.15) is 0 Å². The average molecular weight is 258 g/mol. The molecular formula is C14H30N2O2. The maximum Gasteiger partial charge on any atom is 0.0900 e. The second kappa shape index (κ2) is 8.86. The van der Waals surface area contributed by atoms with E-state index in [-0.39, 0.29) is 6.10 Å². The minimum Gasteiger partial charge on any atom is -0.389 e. The molecule has 1 aliphatic heterocycles. The molecule has 3 unspecified atom stereocenters. The second-order valence-corrected chi connectivity index (χ2v) is 5.41. The largest absolute Gasteiger partial charge is 0.389 e. The van der Waals surface area contributed by atoms with Crippen LogP contribution in [0.5, 0.6) is 0 Å². The summed E-state index contributed by atoms with van der Waals surface area (Å²) in [5.74, 6) is 0. The van der Waals surface area contributed by atoms with Gasteiger partial charge in [0, 0.05) is 25.7 Å². The van der Waals surface area contributed by atoms with Crippen molar-refractivity contribution in [1.29, 1.82) is 0 Å². The number of β-amino-alcohol motifs (C(OH)–C–C–N with tert-alkyl or cyclic N) is 1. The zero-order chi connectivity index (χ0) is 13.4. The monoisotopic (exact) mass is 258 g/mol. The molecule has 0 radical (unpaired) electrons. The van der Waals surface area contributed by atoms with Crippen LogP contribution in [0.3, 0.4) is 0 Å². The van der Waals surface area contributed by atoms with E-state index in [1.807, 2.05) is 0 Å². The first-order valence-electron chi connectivity index (χ1n) is 7.33. The SMILES string of the molecule is CCCNC(C)C1CCCCN1CC(O)COC. The van der Waals surface area contributed by atoms with Crippen LogP contribution in [0.4, 0.5) is 0 Å². The first-order chi connectivity index (χ1) is 8.69. The molecule has 1 rings (SSSR count). The summed E-state index contributed by atoms with van der Waals surface area (Å²) in [6, 6.07) is 1.05. The van der Waals surface area contributed by atoms with Crippen molar-refractivity contribution < 1.29 is 9.84 Å². The van der Waals surface area contributed by atoms with Crippen LogP contribution in [0.15, 0.2) is 0 Å². The van der Waals surface area contributed by atoms with Gasteiger partial charge >= 0.3 is 0 Å². The van der Waals surface area contributed by atoms with Crippen LogP contribution in [0, 0.1) is 0 Å². The molecule has 18 heavy (non-hydrogen) atoms. The second-order valence-electron chi connectivity index (χ2n) is 5.41. The smallest absolute Gasteiger partial charge is 0.0900 e. The predicted octanol–water partition coefficient (Wildman–Crippen LogP) is 1.24. The Morgan fingerprint density at radius 2 is 2.22 bits per heavy atom. The summed E-state index contributed by atoms with van der Waals surface area (Å²) in [7, 11) is 1.64. The highest BCUT2D eigenvalue weighted by Gasteiger charge is 2.28. The van der Waals surface area contributed by atoms with E-state index in [4.69, 9.17) is 4.74 Å². The topological polar surface area (TPSA) is 44.7 Å².